The largest absolute Gasteiger partial charge is 0.392 e. The van der Waals surface area contributed by atoms with E-state index >= 15 is 0 Å². The van der Waals surface area contributed by atoms with Gasteiger partial charge in [-0.2, -0.15) is 0 Å². The van der Waals surface area contributed by atoms with Crippen molar-refractivity contribution in [1.82, 2.24) is 9.80 Å². The first kappa shape index (κ1) is 14.0. The van der Waals surface area contributed by atoms with Gasteiger partial charge in [0.2, 0.25) is 0 Å². The van der Waals surface area contributed by atoms with Crippen molar-refractivity contribution in [2.75, 3.05) is 26.2 Å². The third-order valence-corrected chi connectivity index (χ3v) is 8.08. The number of rotatable bonds is 1. The van der Waals surface area contributed by atoms with Crippen LogP contribution in [0, 0.1) is 28.1 Å². The molecule has 0 radical (unpaired) electrons. The Bertz CT molecular complexity index is 528. The van der Waals surface area contributed by atoms with Gasteiger partial charge in [0.1, 0.15) is 0 Å². The third kappa shape index (κ3) is 1.44. The highest BCUT2D eigenvalue weighted by Gasteiger charge is 2.64. The van der Waals surface area contributed by atoms with Crippen molar-refractivity contribution in [3.8, 4) is 0 Å². The van der Waals surface area contributed by atoms with Crippen LogP contribution in [0.25, 0.3) is 0 Å². The fourth-order valence-corrected chi connectivity index (χ4v) is 6.94. The Morgan fingerprint density at radius 3 is 2.00 bits per heavy atom. The van der Waals surface area contributed by atoms with E-state index in [4.69, 9.17) is 0 Å². The summed E-state index contributed by atoms with van der Waals surface area (Å²) in [5.41, 5.74) is 2.35. The highest BCUT2D eigenvalue weighted by molar-refractivity contribution is 5.30. The molecule has 3 aliphatic carbocycles. The van der Waals surface area contributed by atoms with Crippen molar-refractivity contribution in [1.29, 1.82) is 0 Å². The summed E-state index contributed by atoms with van der Waals surface area (Å²) in [7, 11) is 0. The SMILES string of the molecule is CC12CN3CC(C)(CN(C1)C3C1=CCC3CC1C3(C)C)C2O. The molecule has 2 atom stereocenters. The van der Waals surface area contributed by atoms with Crippen molar-refractivity contribution >= 4 is 0 Å². The molecule has 4 aliphatic heterocycles. The van der Waals surface area contributed by atoms with Gasteiger partial charge in [0.05, 0.1) is 12.3 Å². The molecule has 22 heavy (non-hydrogen) atoms. The molecule has 1 saturated carbocycles. The van der Waals surface area contributed by atoms with Gasteiger partial charge >= 0.3 is 0 Å². The number of nitrogens with zero attached hydrogens (tertiary/aromatic N) is 2. The fourth-order valence-electron chi connectivity index (χ4n) is 6.94. The average molecular weight is 302 g/mol. The van der Waals surface area contributed by atoms with E-state index in [2.05, 4.69) is 43.6 Å². The molecule has 5 fully saturated rings. The van der Waals surface area contributed by atoms with E-state index in [1.165, 1.54) is 12.8 Å². The lowest BCUT2D eigenvalue weighted by atomic mass is 9.48. The number of fused-ring (bicyclic) bond motifs is 2. The Labute approximate surface area is 134 Å². The van der Waals surface area contributed by atoms with E-state index in [-0.39, 0.29) is 16.9 Å². The molecule has 7 rings (SSSR count). The van der Waals surface area contributed by atoms with Crippen LogP contribution in [0.2, 0.25) is 0 Å². The van der Waals surface area contributed by atoms with E-state index < -0.39 is 0 Å². The van der Waals surface area contributed by atoms with Gasteiger partial charge in [-0.1, -0.05) is 33.8 Å². The standard InChI is InChI=1S/C19H30N2O/c1-17(2)12-5-6-13(14(17)7-12)15-20-8-18(3)9-21(15)11-19(4,10-20)16(18)22/h6,12,14-16,22H,5,7-11H2,1-4H3. The summed E-state index contributed by atoms with van der Waals surface area (Å²) < 4.78 is 0. The maximum Gasteiger partial charge on any atom is 0.0848 e. The molecular formula is C19H30N2O. The predicted octanol–water partition coefficient (Wildman–Crippen LogP) is 2.32. The summed E-state index contributed by atoms with van der Waals surface area (Å²) in [6.45, 7) is 13.8. The molecule has 6 bridgehead atoms. The molecule has 4 saturated heterocycles. The van der Waals surface area contributed by atoms with E-state index in [9.17, 15) is 5.11 Å². The summed E-state index contributed by atoms with van der Waals surface area (Å²) in [4.78, 5) is 5.39. The number of hydrogen-bond donors (Lipinski definition) is 1. The second-order valence-corrected chi connectivity index (χ2v) is 10.1. The quantitative estimate of drug-likeness (QED) is 0.753. The lowest BCUT2D eigenvalue weighted by Gasteiger charge is -2.70. The number of aliphatic hydroxyl groups excluding tert-OH is 1. The predicted molar refractivity (Wildman–Crippen MR) is 87.2 cm³/mol. The minimum Gasteiger partial charge on any atom is -0.392 e. The van der Waals surface area contributed by atoms with Crippen LogP contribution in [0.1, 0.15) is 40.5 Å². The smallest absolute Gasteiger partial charge is 0.0848 e. The zero-order valence-corrected chi connectivity index (χ0v) is 14.5. The van der Waals surface area contributed by atoms with Crippen molar-refractivity contribution in [3.63, 3.8) is 0 Å². The van der Waals surface area contributed by atoms with Gasteiger partial charge in [-0.25, -0.2) is 0 Å². The number of allylic oxidation sites excluding steroid dienone is 1. The second-order valence-electron chi connectivity index (χ2n) is 10.1. The third-order valence-electron chi connectivity index (χ3n) is 8.08. The molecule has 0 spiro atoms. The molecule has 1 N–H and O–H groups in total. The Kier molecular flexibility index (Phi) is 2.43. The monoisotopic (exact) mass is 302 g/mol. The highest BCUT2D eigenvalue weighted by Crippen LogP contribution is 2.62. The van der Waals surface area contributed by atoms with E-state index in [1.807, 2.05) is 0 Å². The van der Waals surface area contributed by atoms with Crippen LogP contribution in [-0.2, 0) is 0 Å². The van der Waals surface area contributed by atoms with Crippen LogP contribution in [0.3, 0.4) is 0 Å². The molecule has 4 heterocycles. The Hall–Kier alpha value is -0.380. The number of piperidine rings is 2. The molecule has 3 nitrogen and oxygen atoms in total. The van der Waals surface area contributed by atoms with Crippen LogP contribution in [0.15, 0.2) is 11.6 Å². The first-order valence-electron chi connectivity index (χ1n) is 9.11. The van der Waals surface area contributed by atoms with Gasteiger partial charge in [0, 0.05) is 37.0 Å². The molecule has 0 amide bonds. The normalized spacial score (nSPS) is 60.9. The van der Waals surface area contributed by atoms with Crippen molar-refractivity contribution in [2.45, 2.75) is 52.8 Å². The summed E-state index contributed by atoms with van der Waals surface area (Å²) in [5.74, 6) is 1.71. The van der Waals surface area contributed by atoms with Gasteiger partial charge in [-0.3, -0.25) is 9.80 Å². The molecule has 2 unspecified atom stereocenters. The molecule has 0 aromatic heterocycles. The zero-order valence-electron chi connectivity index (χ0n) is 14.5. The maximum atomic E-state index is 10.8. The Morgan fingerprint density at radius 2 is 1.55 bits per heavy atom. The van der Waals surface area contributed by atoms with E-state index in [0.29, 0.717) is 11.6 Å². The molecule has 7 aliphatic rings. The fraction of sp³-hybridized carbons (Fsp3) is 0.895. The van der Waals surface area contributed by atoms with Crippen LogP contribution < -0.4 is 0 Å². The van der Waals surface area contributed by atoms with Crippen molar-refractivity contribution in [2.24, 2.45) is 28.1 Å². The maximum absolute atomic E-state index is 10.8. The average Bonchev–Trinajstić information content (AvgIpc) is 2.43. The van der Waals surface area contributed by atoms with Crippen LogP contribution in [0.4, 0.5) is 0 Å². The molecule has 3 heteroatoms. The van der Waals surface area contributed by atoms with E-state index in [1.54, 1.807) is 5.57 Å². The van der Waals surface area contributed by atoms with Crippen molar-refractivity contribution in [3.05, 3.63) is 11.6 Å². The van der Waals surface area contributed by atoms with E-state index in [0.717, 1.165) is 38.0 Å². The van der Waals surface area contributed by atoms with Gasteiger partial charge in [-0.15, -0.1) is 0 Å². The van der Waals surface area contributed by atoms with Gasteiger partial charge in [0.15, 0.2) is 0 Å². The first-order chi connectivity index (χ1) is 10.2. The van der Waals surface area contributed by atoms with Crippen LogP contribution in [0.5, 0.6) is 0 Å². The van der Waals surface area contributed by atoms with Crippen LogP contribution in [-0.4, -0.2) is 53.4 Å². The highest BCUT2D eigenvalue weighted by atomic mass is 16.3. The van der Waals surface area contributed by atoms with Gasteiger partial charge in [0.25, 0.3) is 0 Å². The lowest BCUT2D eigenvalue weighted by molar-refractivity contribution is -0.247. The minimum atomic E-state index is -0.140. The Morgan fingerprint density at radius 1 is 1.00 bits per heavy atom. The Balaban J connectivity index is 1.51. The summed E-state index contributed by atoms with van der Waals surface area (Å²) in [6, 6.07) is 0. The number of aliphatic hydroxyl groups is 1. The number of hydrogen-bond acceptors (Lipinski definition) is 3. The lowest BCUT2D eigenvalue weighted by Crippen LogP contribution is -2.80. The van der Waals surface area contributed by atoms with Gasteiger partial charge < -0.3 is 5.11 Å². The minimum absolute atomic E-state index is 0.0641. The molecule has 122 valence electrons. The van der Waals surface area contributed by atoms with Crippen molar-refractivity contribution < 1.29 is 5.11 Å². The summed E-state index contributed by atoms with van der Waals surface area (Å²) >= 11 is 0. The van der Waals surface area contributed by atoms with Gasteiger partial charge in [-0.05, 0) is 35.7 Å². The molecule has 0 aromatic carbocycles. The first-order valence-corrected chi connectivity index (χ1v) is 9.11. The summed E-state index contributed by atoms with van der Waals surface area (Å²) in [6.07, 6.45) is 5.66. The molecular weight excluding hydrogens is 272 g/mol. The zero-order chi connectivity index (χ0) is 15.5. The molecule has 0 aromatic rings. The second kappa shape index (κ2) is 3.81. The topological polar surface area (TPSA) is 26.7 Å². The van der Waals surface area contributed by atoms with Crippen LogP contribution >= 0.6 is 0 Å². The summed E-state index contributed by atoms with van der Waals surface area (Å²) in [5, 5.41) is 10.8.